The standard InChI is InChI=1S/C10H9F4N/c11-5-4-6(12)9(13)10(14)8(5)7-2-1-3-15-7/h4,7,15H,1-3H2/t7-/m1/s1. The number of nitrogens with one attached hydrogen (secondary N) is 1. The van der Waals surface area contributed by atoms with Gasteiger partial charge in [-0.05, 0) is 19.4 Å². The minimum absolute atomic E-state index is 0.383. The van der Waals surface area contributed by atoms with Gasteiger partial charge in [0.1, 0.15) is 5.82 Å². The molecule has 1 atom stereocenters. The molecule has 1 heterocycles. The maximum Gasteiger partial charge on any atom is 0.194 e. The predicted octanol–water partition coefficient (Wildman–Crippen LogP) is 2.67. The van der Waals surface area contributed by atoms with Crippen molar-refractivity contribution in [2.75, 3.05) is 6.54 Å². The smallest absolute Gasteiger partial charge is 0.194 e. The van der Waals surface area contributed by atoms with Gasteiger partial charge in [0.25, 0.3) is 0 Å². The molecular weight excluding hydrogens is 210 g/mol. The second kappa shape index (κ2) is 3.81. The Kier molecular flexibility index (Phi) is 2.65. The highest BCUT2D eigenvalue weighted by Crippen LogP contribution is 2.29. The van der Waals surface area contributed by atoms with Crippen LogP contribution in [0.4, 0.5) is 17.6 Å². The fourth-order valence-corrected chi connectivity index (χ4v) is 1.83. The van der Waals surface area contributed by atoms with Gasteiger partial charge in [0.05, 0.1) is 0 Å². The topological polar surface area (TPSA) is 12.0 Å². The van der Waals surface area contributed by atoms with Crippen LogP contribution in [0.1, 0.15) is 24.4 Å². The molecule has 5 heteroatoms. The molecule has 1 aliphatic rings. The Labute approximate surface area is 84.1 Å². The van der Waals surface area contributed by atoms with Gasteiger partial charge in [0.15, 0.2) is 17.5 Å². The molecule has 0 aliphatic carbocycles. The van der Waals surface area contributed by atoms with Crippen LogP contribution in [0.5, 0.6) is 0 Å². The lowest BCUT2D eigenvalue weighted by molar-refractivity contribution is 0.412. The van der Waals surface area contributed by atoms with Crippen LogP contribution in [0, 0.1) is 23.3 Å². The molecule has 1 fully saturated rings. The first-order valence-electron chi connectivity index (χ1n) is 4.67. The van der Waals surface area contributed by atoms with Crippen molar-refractivity contribution in [2.45, 2.75) is 18.9 Å². The Balaban J connectivity index is 2.50. The van der Waals surface area contributed by atoms with Gasteiger partial charge in [0, 0.05) is 17.7 Å². The van der Waals surface area contributed by atoms with Gasteiger partial charge in [0.2, 0.25) is 0 Å². The molecule has 2 rings (SSSR count). The third-order valence-electron chi connectivity index (χ3n) is 2.56. The number of rotatable bonds is 1. The van der Waals surface area contributed by atoms with Crippen molar-refractivity contribution >= 4 is 0 Å². The van der Waals surface area contributed by atoms with E-state index in [4.69, 9.17) is 0 Å². The summed E-state index contributed by atoms with van der Waals surface area (Å²) in [5.74, 6) is -5.57. The molecule has 1 aromatic carbocycles. The molecule has 0 bridgehead atoms. The molecule has 1 aromatic rings. The molecule has 0 aromatic heterocycles. The van der Waals surface area contributed by atoms with Gasteiger partial charge in [-0.1, -0.05) is 0 Å². The van der Waals surface area contributed by atoms with Crippen molar-refractivity contribution in [3.8, 4) is 0 Å². The van der Waals surface area contributed by atoms with E-state index >= 15 is 0 Å². The lowest BCUT2D eigenvalue weighted by atomic mass is 10.0. The van der Waals surface area contributed by atoms with Gasteiger partial charge in [-0.15, -0.1) is 0 Å². The van der Waals surface area contributed by atoms with E-state index in [9.17, 15) is 17.6 Å². The highest BCUT2D eigenvalue weighted by Gasteiger charge is 2.27. The minimum Gasteiger partial charge on any atom is -0.310 e. The summed E-state index contributed by atoms with van der Waals surface area (Å²) in [5, 5.41) is 2.83. The van der Waals surface area contributed by atoms with E-state index in [1.807, 2.05) is 0 Å². The summed E-state index contributed by atoms with van der Waals surface area (Å²) in [5.41, 5.74) is -0.397. The van der Waals surface area contributed by atoms with Crippen molar-refractivity contribution in [1.82, 2.24) is 5.32 Å². The average molecular weight is 219 g/mol. The van der Waals surface area contributed by atoms with Crippen molar-refractivity contribution in [2.24, 2.45) is 0 Å². The lowest BCUT2D eigenvalue weighted by Crippen LogP contribution is -2.17. The quantitative estimate of drug-likeness (QED) is 0.435. The number of hydrogen-bond donors (Lipinski definition) is 1. The Morgan fingerprint density at radius 1 is 1.07 bits per heavy atom. The zero-order chi connectivity index (χ0) is 11.0. The fraction of sp³-hybridized carbons (Fsp3) is 0.400. The van der Waals surface area contributed by atoms with Crippen LogP contribution in [0.15, 0.2) is 6.07 Å². The van der Waals surface area contributed by atoms with Crippen molar-refractivity contribution < 1.29 is 17.6 Å². The van der Waals surface area contributed by atoms with E-state index in [2.05, 4.69) is 5.32 Å². The molecule has 1 aliphatic heterocycles. The Morgan fingerprint density at radius 2 is 1.80 bits per heavy atom. The van der Waals surface area contributed by atoms with Crippen LogP contribution in [-0.4, -0.2) is 6.54 Å². The van der Waals surface area contributed by atoms with E-state index in [0.717, 1.165) is 6.42 Å². The molecule has 0 saturated carbocycles. The fourth-order valence-electron chi connectivity index (χ4n) is 1.83. The second-order valence-electron chi connectivity index (χ2n) is 3.53. The number of benzene rings is 1. The molecular formula is C10H9F4N. The molecule has 0 unspecified atom stereocenters. The Hall–Kier alpha value is -1.10. The van der Waals surface area contributed by atoms with Crippen LogP contribution in [0.2, 0.25) is 0 Å². The van der Waals surface area contributed by atoms with Crippen molar-refractivity contribution in [3.05, 3.63) is 34.9 Å². The molecule has 82 valence electrons. The van der Waals surface area contributed by atoms with Crippen LogP contribution in [0.25, 0.3) is 0 Å². The van der Waals surface area contributed by atoms with Crippen LogP contribution in [0.3, 0.4) is 0 Å². The molecule has 1 saturated heterocycles. The predicted molar refractivity (Wildman–Crippen MR) is 46.3 cm³/mol. The monoisotopic (exact) mass is 219 g/mol. The zero-order valence-corrected chi connectivity index (χ0v) is 7.79. The summed E-state index contributed by atoms with van der Waals surface area (Å²) >= 11 is 0. The molecule has 15 heavy (non-hydrogen) atoms. The number of halogens is 4. The van der Waals surface area contributed by atoms with Gasteiger partial charge in [-0.2, -0.15) is 0 Å². The average Bonchev–Trinajstić information content (AvgIpc) is 2.68. The van der Waals surface area contributed by atoms with Crippen molar-refractivity contribution in [1.29, 1.82) is 0 Å². The molecule has 0 amide bonds. The highest BCUT2D eigenvalue weighted by molar-refractivity contribution is 5.26. The third-order valence-corrected chi connectivity index (χ3v) is 2.56. The normalized spacial score (nSPS) is 20.9. The van der Waals surface area contributed by atoms with E-state index in [1.165, 1.54) is 0 Å². The van der Waals surface area contributed by atoms with Crippen LogP contribution < -0.4 is 5.32 Å². The molecule has 0 spiro atoms. The summed E-state index contributed by atoms with van der Waals surface area (Å²) in [6, 6.07) is -0.173. The summed E-state index contributed by atoms with van der Waals surface area (Å²) < 4.78 is 52.0. The van der Waals surface area contributed by atoms with E-state index in [0.29, 0.717) is 19.0 Å². The summed E-state index contributed by atoms with van der Waals surface area (Å²) in [6.45, 7) is 0.628. The molecule has 1 N–H and O–H groups in total. The molecule has 1 nitrogen and oxygen atoms in total. The highest BCUT2D eigenvalue weighted by atomic mass is 19.2. The van der Waals surface area contributed by atoms with Crippen LogP contribution >= 0.6 is 0 Å². The SMILES string of the molecule is Fc1cc(F)c([C@H]2CCCN2)c(F)c1F. The summed E-state index contributed by atoms with van der Waals surface area (Å²) in [7, 11) is 0. The zero-order valence-electron chi connectivity index (χ0n) is 7.79. The van der Waals surface area contributed by atoms with Crippen LogP contribution in [-0.2, 0) is 0 Å². The van der Waals surface area contributed by atoms with E-state index in [1.54, 1.807) is 0 Å². The first kappa shape index (κ1) is 10.4. The first-order chi connectivity index (χ1) is 7.11. The van der Waals surface area contributed by atoms with Gasteiger partial charge >= 0.3 is 0 Å². The van der Waals surface area contributed by atoms with Crippen molar-refractivity contribution in [3.63, 3.8) is 0 Å². The van der Waals surface area contributed by atoms with E-state index in [-0.39, 0.29) is 0 Å². The summed E-state index contributed by atoms with van der Waals surface area (Å²) in [6.07, 6.45) is 1.29. The largest absolute Gasteiger partial charge is 0.310 e. The van der Waals surface area contributed by atoms with Gasteiger partial charge in [-0.3, -0.25) is 0 Å². The molecule has 0 radical (unpaired) electrons. The van der Waals surface area contributed by atoms with Gasteiger partial charge < -0.3 is 5.32 Å². The maximum absolute atomic E-state index is 13.3. The first-order valence-corrected chi connectivity index (χ1v) is 4.67. The lowest BCUT2D eigenvalue weighted by Gasteiger charge is -2.13. The summed E-state index contributed by atoms with van der Waals surface area (Å²) in [4.78, 5) is 0. The minimum atomic E-state index is -1.61. The second-order valence-corrected chi connectivity index (χ2v) is 3.53. The third kappa shape index (κ3) is 1.71. The number of hydrogen-bond acceptors (Lipinski definition) is 1. The van der Waals surface area contributed by atoms with E-state index < -0.39 is 34.9 Å². The maximum atomic E-state index is 13.3. The Bertz CT molecular complexity index is 385. The van der Waals surface area contributed by atoms with Gasteiger partial charge in [-0.25, -0.2) is 17.6 Å². The Morgan fingerprint density at radius 3 is 2.40 bits per heavy atom.